The Labute approximate surface area is 122 Å². The summed E-state index contributed by atoms with van der Waals surface area (Å²) in [4.78, 5) is 12.5. The van der Waals surface area contributed by atoms with Crippen LogP contribution in [0.1, 0.15) is 9.67 Å². The maximum atomic E-state index is 12.0. The molecule has 18 heavy (non-hydrogen) atoms. The molecule has 0 atom stereocenters. The van der Waals surface area contributed by atoms with E-state index >= 15 is 0 Å². The molecule has 1 heterocycles. The minimum absolute atomic E-state index is 0.205. The van der Waals surface area contributed by atoms with Gasteiger partial charge >= 0.3 is 0 Å². The number of benzene rings is 1. The van der Waals surface area contributed by atoms with Crippen LogP contribution >= 0.6 is 38.9 Å². The maximum absolute atomic E-state index is 12.0. The SMILES string of the molecule is COc1csc(C(=O)Nc2cc(Br)ccc2Cl)c1. The number of rotatable bonds is 3. The second kappa shape index (κ2) is 5.73. The third-order valence-electron chi connectivity index (χ3n) is 2.21. The summed E-state index contributed by atoms with van der Waals surface area (Å²) in [6.07, 6.45) is 0. The molecule has 0 saturated carbocycles. The molecule has 1 aromatic carbocycles. The van der Waals surface area contributed by atoms with Gasteiger partial charge in [0.1, 0.15) is 5.75 Å². The van der Waals surface area contributed by atoms with E-state index in [1.807, 2.05) is 6.07 Å². The molecule has 94 valence electrons. The first-order valence-electron chi connectivity index (χ1n) is 4.99. The minimum atomic E-state index is -0.205. The van der Waals surface area contributed by atoms with Gasteiger partial charge in [0.15, 0.2) is 0 Å². The van der Waals surface area contributed by atoms with Gasteiger partial charge in [0.2, 0.25) is 0 Å². The molecule has 0 aliphatic rings. The van der Waals surface area contributed by atoms with E-state index in [2.05, 4.69) is 21.2 Å². The number of nitrogens with one attached hydrogen (secondary N) is 1. The van der Waals surface area contributed by atoms with Crippen molar-refractivity contribution in [3.63, 3.8) is 0 Å². The van der Waals surface area contributed by atoms with Gasteiger partial charge in [0.05, 0.1) is 22.7 Å². The highest BCUT2D eigenvalue weighted by atomic mass is 79.9. The van der Waals surface area contributed by atoms with Crippen LogP contribution in [0.2, 0.25) is 5.02 Å². The van der Waals surface area contributed by atoms with Crippen LogP contribution in [-0.2, 0) is 0 Å². The van der Waals surface area contributed by atoms with E-state index in [-0.39, 0.29) is 5.91 Å². The molecule has 0 unspecified atom stereocenters. The Kier molecular flexibility index (Phi) is 4.27. The van der Waals surface area contributed by atoms with Gasteiger partial charge in [-0.3, -0.25) is 4.79 Å². The van der Waals surface area contributed by atoms with Gasteiger partial charge in [-0.15, -0.1) is 11.3 Å². The van der Waals surface area contributed by atoms with Crippen LogP contribution in [0.5, 0.6) is 5.75 Å². The van der Waals surface area contributed by atoms with E-state index in [1.165, 1.54) is 11.3 Å². The summed E-state index contributed by atoms with van der Waals surface area (Å²) in [7, 11) is 1.56. The van der Waals surface area contributed by atoms with Gasteiger partial charge in [-0.25, -0.2) is 0 Å². The molecular weight excluding hydrogens is 338 g/mol. The molecule has 3 nitrogen and oxygen atoms in total. The van der Waals surface area contributed by atoms with Crippen LogP contribution in [0.25, 0.3) is 0 Å². The van der Waals surface area contributed by atoms with Crippen LogP contribution in [0.15, 0.2) is 34.1 Å². The number of hydrogen-bond acceptors (Lipinski definition) is 3. The van der Waals surface area contributed by atoms with Crippen LogP contribution in [-0.4, -0.2) is 13.0 Å². The van der Waals surface area contributed by atoms with Crippen molar-refractivity contribution in [3.8, 4) is 5.75 Å². The Morgan fingerprint density at radius 2 is 2.22 bits per heavy atom. The molecule has 1 aromatic heterocycles. The predicted molar refractivity (Wildman–Crippen MR) is 78.0 cm³/mol. The average molecular weight is 347 g/mol. The monoisotopic (exact) mass is 345 g/mol. The number of anilines is 1. The third kappa shape index (κ3) is 3.04. The number of methoxy groups -OCH3 is 1. The molecule has 0 fully saturated rings. The lowest BCUT2D eigenvalue weighted by Crippen LogP contribution is -2.10. The number of halogens is 2. The highest BCUT2D eigenvalue weighted by Gasteiger charge is 2.11. The molecular formula is C12H9BrClNO2S. The second-order valence-corrected chi connectivity index (χ2v) is 5.66. The van der Waals surface area contributed by atoms with Crippen molar-refractivity contribution in [1.29, 1.82) is 0 Å². The summed E-state index contributed by atoms with van der Waals surface area (Å²) in [5.41, 5.74) is 0.573. The van der Waals surface area contributed by atoms with E-state index in [0.29, 0.717) is 21.3 Å². The van der Waals surface area contributed by atoms with Gasteiger partial charge in [-0.05, 0) is 18.2 Å². The number of thiophene rings is 1. The number of carbonyl (C=O) groups excluding carboxylic acids is 1. The summed E-state index contributed by atoms with van der Waals surface area (Å²) >= 11 is 10.7. The van der Waals surface area contributed by atoms with Gasteiger partial charge in [-0.1, -0.05) is 27.5 Å². The smallest absolute Gasteiger partial charge is 0.265 e. The Morgan fingerprint density at radius 1 is 1.44 bits per heavy atom. The number of hydrogen-bond donors (Lipinski definition) is 1. The molecule has 2 aromatic rings. The number of amides is 1. The second-order valence-electron chi connectivity index (χ2n) is 3.43. The average Bonchev–Trinajstić information content (AvgIpc) is 2.82. The first-order chi connectivity index (χ1) is 8.60. The molecule has 1 N–H and O–H groups in total. The molecule has 1 amide bonds. The number of carbonyl (C=O) groups is 1. The van der Waals surface area contributed by atoms with Gasteiger partial charge < -0.3 is 10.1 Å². The Bertz CT molecular complexity index is 585. The van der Waals surface area contributed by atoms with Gasteiger partial charge in [0, 0.05) is 15.9 Å². The summed E-state index contributed by atoms with van der Waals surface area (Å²) in [5.74, 6) is 0.466. The Hall–Kier alpha value is -1.04. The topological polar surface area (TPSA) is 38.3 Å². The zero-order valence-electron chi connectivity index (χ0n) is 9.37. The minimum Gasteiger partial charge on any atom is -0.496 e. The Morgan fingerprint density at radius 3 is 2.89 bits per heavy atom. The molecule has 0 saturated heterocycles. The highest BCUT2D eigenvalue weighted by molar-refractivity contribution is 9.10. The zero-order valence-corrected chi connectivity index (χ0v) is 12.5. The van der Waals surface area contributed by atoms with Crippen molar-refractivity contribution in [1.82, 2.24) is 0 Å². The van der Waals surface area contributed by atoms with E-state index in [9.17, 15) is 4.79 Å². The number of ether oxygens (including phenoxy) is 1. The fourth-order valence-electron chi connectivity index (χ4n) is 1.32. The summed E-state index contributed by atoms with van der Waals surface area (Å²) < 4.78 is 5.89. The summed E-state index contributed by atoms with van der Waals surface area (Å²) in [6, 6.07) is 6.97. The van der Waals surface area contributed by atoms with Crippen molar-refractivity contribution in [2.24, 2.45) is 0 Å². The first kappa shape index (κ1) is 13.4. The molecule has 0 spiro atoms. The quantitative estimate of drug-likeness (QED) is 0.893. The van der Waals surface area contributed by atoms with Gasteiger partial charge in [-0.2, -0.15) is 0 Å². The molecule has 0 bridgehead atoms. The molecule has 6 heteroatoms. The van der Waals surface area contributed by atoms with Crippen molar-refractivity contribution in [2.75, 3.05) is 12.4 Å². The van der Waals surface area contributed by atoms with E-state index in [1.54, 1.807) is 30.7 Å². The predicted octanol–water partition coefficient (Wildman–Crippen LogP) is 4.42. The van der Waals surface area contributed by atoms with Crippen molar-refractivity contribution in [3.05, 3.63) is 44.0 Å². The fraction of sp³-hybridized carbons (Fsp3) is 0.0833. The molecule has 0 aliphatic carbocycles. The van der Waals surface area contributed by atoms with Crippen molar-refractivity contribution >= 4 is 50.5 Å². The van der Waals surface area contributed by atoms with Crippen LogP contribution in [0.4, 0.5) is 5.69 Å². The van der Waals surface area contributed by atoms with E-state index < -0.39 is 0 Å². The standard InChI is InChI=1S/C12H9BrClNO2S/c1-17-8-5-11(18-6-8)12(16)15-10-4-7(13)2-3-9(10)14/h2-6H,1H3,(H,15,16). The van der Waals surface area contributed by atoms with Crippen LogP contribution in [0.3, 0.4) is 0 Å². The lowest BCUT2D eigenvalue weighted by atomic mass is 10.3. The zero-order chi connectivity index (χ0) is 13.1. The summed E-state index contributed by atoms with van der Waals surface area (Å²) in [6.45, 7) is 0. The highest BCUT2D eigenvalue weighted by Crippen LogP contribution is 2.27. The van der Waals surface area contributed by atoms with Crippen molar-refractivity contribution < 1.29 is 9.53 Å². The summed E-state index contributed by atoms with van der Waals surface area (Å²) in [5, 5.41) is 5.03. The maximum Gasteiger partial charge on any atom is 0.265 e. The normalized spacial score (nSPS) is 10.2. The molecule has 0 aliphatic heterocycles. The lowest BCUT2D eigenvalue weighted by Gasteiger charge is -2.06. The molecule has 2 rings (SSSR count). The third-order valence-corrected chi connectivity index (χ3v) is 3.94. The van der Waals surface area contributed by atoms with Crippen LogP contribution in [0, 0.1) is 0 Å². The largest absolute Gasteiger partial charge is 0.496 e. The molecule has 0 radical (unpaired) electrons. The van der Waals surface area contributed by atoms with Gasteiger partial charge in [0.25, 0.3) is 5.91 Å². The lowest BCUT2D eigenvalue weighted by molar-refractivity contribution is 0.103. The van der Waals surface area contributed by atoms with E-state index in [4.69, 9.17) is 16.3 Å². The van der Waals surface area contributed by atoms with Crippen molar-refractivity contribution in [2.45, 2.75) is 0 Å². The first-order valence-corrected chi connectivity index (χ1v) is 7.04. The van der Waals surface area contributed by atoms with E-state index in [0.717, 1.165) is 4.47 Å². The van der Waals surface area contributed by atoms with Crippen LogP contribution < -0.4 is 10.1 Å². The Balaban J connectivity index is 2.18. The fourth-order valence-corrected chi connectivity index (χ4v) is 2.60.